The Labute approximate surface area is 87.3 Å². The van der Waals surface area contributed by atoms with Crippen molar-refractivity contribution < 1.29 is 9.66 Å². The van der Waals surface area contributed by atoms with Gasteiger partial charge in [0.2, 0.25) is 0 Å². The van der Waals surface area contributed by atoms with E-state index in [0.29, 0.717) is 12.3 Å². The molecular weight excluding hydrogens is 196 g/mol. The lowest BCUT2D eigenvalue weighted by atomic mass is 10.1. The van der Waals surface area contributed by atoms with Gasteiger partial charge in [-0.3, -0.25) is 10.1 Å². The standard InChI is InChI=1S/C10H12N2O3/c1-15-10-7-9(12(13)14)5-4-8(10)3-2-6-11/h2-5,7H,6,11H2,1H3. The summed E-state index contributed by atoms with van der Waals surface area (Å²) in [5.74, 6) is 0.467. The number of nitrogens with two attached hydrogens (primary N) is 1. The lowest BCUT2D eigenvalue weighted by molar-refractivity contribution is -0.384. The second-order valence-electron chi connectivity index (χ2n) is 2.82. The van der Waals surface area contributed by atoms with Crippen LogP contribution in [-0.4, -0.2) is 18.6 Å². The van der Waals surface area contributed by atoms with Gasteiger partial charge < -0.3 is 10.5 Å². The van der Waals surface area contributed by atoms with Gasteiger partial charge in [-0.25, -0.2) is 0 Å². The number of hydrogen-bond acceptors (Lipinski definition) is 4. The Hall–Kier alpha value is -1.88. The Morgan fingerprint density at radius 2 is 2.33 bits per heavy atom. The topological polar surface area (TPSA) is 78.4 Å². The minimum absolute atomic E-state index is 0.0109. The summed E-state index contributed by atoms with van der Waals surface area (Å²) in [6, 6.07) is 4.44. The molecule has 5 nitrogen and oxygen atoms in total. The quantitative estimate of drug-likeness (QED) is 0.601. The summed E-state index contributed by atoms with van der Waals surface area (Å²) in [6.45, 7) is 0.417. The number of ether oxygens (including phenoxy) is 1. The largest absolute Gasteiger partial charge is 0.496 e. The van der Waals surface area contributed by atoms with E-state index in [2.05, 4.69) is 0 Å². The van der Waals surface area contributed by atoms with Crippen LogP contribution in [0.4, 0.5) is 5.69 Å². The molecule has 1 aromatic rings. The number of non-ortho nitro benzene ring substituents is 1. The highest BCUT2D eigenvalue weighted by atomic mass is 16.6. The fraction of sp³-hybridized carbons (Fsp3) is 0.200. The van der Waals surface area contributed by atoms with E-state index < -0.39 is 4.92 Å². The van der Waals surface area contributed by atoms with Crippen molar-refractivity contribution in [2.45, 2.75) is 0 Å². The Morgan fingerprint density at radius 3 is 2.87 bits per heavy atom. The first-order valence-electron chi connectivity index (χ1n) is 4.38. The fourth-order valence-electron chi connectivity index (χ4n) is 1.15. The predicted molar refractivity (Wildman–Crippen MR) is 57.7 cm³/mol. The van der Waals surface area contributed by atoms with Crippen LogP contribution < -0.4 is 10.5 Å². The average molecular weight is 208 g/mol. The summed E-state index contributed by atoms with van der Waals surface area (Å²) in [4.78, 5) is 10.0. The van der Waals surface area contributed by atoms with Gasteiger partial charge in [0.25, 0.3) is 5.69 Å². The van der Waals surface area contributed by atoms with Crippen LogP contribution in [0.15, 0.2) is 24.3 Å². The molecule has 0 aliphatic carbocycles. The molecule has 0 unspecified atom stereocenters. The zero-order chi connectivity index (χ0) is 11.3. The molecule has 0 atom stereocenters. The van der Waals surface area contributed by atoms with Crippen molar-refractivity contribution in [2.24, 2.45) is 5.73 Å². The van der Waals surface area contributed by atoms with Crippen LogP contribution in [0.2, 0.25) is 0 Å². The van der Waals surface area contributed by atoms with Gasteiger partial charge in [-0.2, -0.15) is 0 Å². The van der Waals surface area contributed by atoms with Crippen LogP contribution in [0.1, 0.15) is 5.56 Å². The number of benzene rings is 1. The maximum Gasteiger partial charge on any atom is 0.273 e. The van der Waals surface area contributed by atoms with Crippen LogP contribution in [0.5, 0.6) is 5.75 Å². The van der Waals surface area contributed by atoms with E-state index in [9.17, 15) is 10.1 Å². The molecule has 1 aromatic carbocycles. The first-order chi connectivity index (χ1) is 7.19. The summed E-state index contributed by atoms with van der Waals surface area (Å²) in [6.07, 6.45) is 3.52. The SMILES string of the molecule is COc1cc([N+](=O)[O-])ccc1C=CCN. The molecule has 0 bridgehead atoms. The normalized spacial score (nSPS) is 10.5. The van der Waals surface area contributed by atoms with Crippen molar-refractivity contribution >= 4 is 11.8 Å². The third-order valence-electron chi connectivity index (χ3n) is 1.86. The molecule has 0 fully saturated rings. The molecule has 0 radical (unpaired) electrons. The van der Waals surface area contributed by atoms with Gasteiger partial charge in [-0.1, -0.05) is 12.2 Å². The fourth-order valence-corrected chi connectivity index (χ4v) is 1.15. The van der Waals surface area contributed by atoms with Gasteiger partial charge in [0.1, 0.15) is 5.75 Å². The average Bonchev–Trinajstić information content (AvgIpc) is 2.25. The first-order valence-corrected chi connectivity index (χ1v) is 4.38. The second-order valence-corrected chi connectivity index (χ2v) is 2.82. The van der Waals surface area contributed by atoms with Gasteiger partial charge in [0.05, 0.1) is 18.1 Å². The number of hydrogen-bond donors (Lipinski definition) is 1. The van der Waals surface area contributed by atoms with Gasteiger partial charge in [-0.05, 0) is 6.07 Å². The summed E-state index contributed by atoms with van der Waals surface area (Å²) in [7, 11) is 1.47. The van der Waals surface area contributed by atoms with Gasteiger partial charge >= 0.3 is 0 Å². The number of nitrogens with zero attached hydrogens (tertiary/aromatic N) is 1. The van der Waals surface area contributed by atoms with Crippen LogP contribution >= 0.6 is 0 Å². The molecule has 0 saturated heterocycles. The van der Waals surface area contributed by atoms with E-state index in [0.717, 1.165) is 5.56 Å². The minimum Gasteiger partial charge on any atom is -0.496 e. The van der Waals surface area contributed by atoms with Gasteiger partial charge in [0.15, 0.2) is 0 Å². The van der Waals surface area contributed by atoms with Crippen molar-refractivity contribution in [1.29, 1.82) is 0 Å². The molecule has 0 heterocycles. The Morgan fingerprint density at radius 1 is 1.60 bits per heavy atom. The number of rotatable bonds is 4. The molecule has 0 aromatic heterocycles. The molecule has 0 amide bonds. The van der Waals surface area contributed by atoms with Crippen LogP contribution in [0.25, 0.3) is 6.08 Å². The molecule has 5 heteroatoms. The first kappa shape index (κ1) is 11.2. The van der Waals surface area contributed by atoms with Crippen LogP contribution in [0, 0.1) is 10.1 Å². The minimum atomic E-state index is -0.459. The summed E-state index contributed by atoms with van der Waals surface area (Å²) in [5, 5.41) is 10.5. The molecule has 1 rings (SSSR count). The maximum absolute atomic E-state index is 10.5. The second kappa shape index (κ2) is 5.11. The summed E-state index contributed by atoms with van der Waals surface area (Å²) < 4.78 is 5.04. The van der Waals surface area contributed by atoms with Crippen molar-refractivity contribution in [3.05, 3.63) is 40.0 Å². The molecule has 15 heavy (non-hydrogen) atoms. The van der Waals surface area contributed by atoms with Crippen LogP contribution in [-0.2, 0) is 0 Å². The highest BCUT2D eigenvalue weighted by molar-refractivity contribution is 5.60. The van der Waals surface area contributed by atoms with Gasteiger partial charge in [-0.15, -0.1) is 0 Å². The molecule has 2 N–H and O–H groups in total. The lowest BCUT2D eigenvalue weighted by Crippen LogP contribution is -1.94. The highest BCUT2D eigenvalue weighted by Crippen LogP contribution is 2.25. The zero-order valence-electron chi connectivity index (χ0n) is 8.34. The Kier molecular flexibility index (Phi) is 3.82. The third kappa shape index (κ3) is 2.78. The smallest absolute Gasteiger partial charge is 0.273 e. The summed E-state index contributed by atoms with van der Waals surface area (Å²) >= 11 is 0. The van der Waals surface area contributed by atoms with E-state index in [1.165, 1.54) is 19.2 Å². The van der Waals surface area contributed by atoms with E-state index in [-0.39, 0.29) is 5.69 Å². The van der Waals surface area contributed by atoms with E-state index in [1.807, 2.05) is 0 Å². The zero-order valence-corrected chi connectivity index (χ0v) is 8.34. The van der Waals surface area contributed by atoms with E-state index in [4.69, 9.17) is 10.5 Å². The predicted octanol–water partition coefficient (Wildman–Crippen LogP) is 1.58. The monoisotopic (exact) mass is 208 g/mol. The van der Waals surface area contributed by atoms with Crippen molar-refractivity contribution in [1.82, 2.24) is 0 Å². The molecule has 0 saturated carbocycles. The van der Waals surface area contributed by atoms with Crippen molar-refractivity contribution in [3.8, 4) is 5.75 Å². The van der Waals surface area contributed by atoms with Crippen LogP contribution in [0.3, 0.4) is 0 Å². The number of nitro benzene ring substituents is 1. The molecule has 80 valence electrons. The number of nitro groups is 1. The lowest BCUT2D eigenvalue weighted by Gasteiger charge is -2.03. The molecule has 0 spiro atoms. The molecule has 0 aliphatic heterocycles. The number of methoxy groups -OCH3 is 1. The molecular formula is C10H12N2O3. The van der Waals surface area contributed by atoms with Gasteiger partial charge in [0, 0.05) is 18.2 Å². The maximum atomic E-state index is 10.5. The Balaban J connectivity index is 3.09. The highest BCUT2D eigenvalue weighted by Gasteiger charge is 2.09. The third-order valence-corrected chi connectivity index (χ3v) is 1.86. The van der Waals surface area contributed by atoms with E-state index >= 15 is 0 Å². The Bertz CT molecular complexity index is 388. The summed E-state index contributed by atoms with van der Waals surface area (Å²) in [5.41, 5.74) is 6.09. The van der Waals surface area contributed by atoms with E-state index in [1.54, 1.807) is 18.2 Å². The van der Waals surface area contributed by atoms with Crippen molar-refractivity contribution in [2.75, 3.05) is 13.7 Å². The van der Waals surface area contributed by atoms with Crippen molar-refractivity contribution in [3.63, 3.8) is 0 Å². The molecule has 0 aliphatic rings.